The third-order valence-corrected chi connectivity index (χ3v) is 5.49. The van der Waals surface area contributed by atoms with Crippen LogP contribution < -0.4 is 10.2 Å². The van der Waals surface area contributed by atoms with Gasteiger partial charge >= 0.3 is 6.36 Å². The Kier molecular flexibility index (Phi) is 7.17. The van der Waals surface area contributed by atoms with Crippen LogP contribution in [0.4, 0.5) is 23.2 Å². The summed E-state index contributed by atoms with van der Waals surface area (Å²) in [7, 11) is 0. The molecule has 1 aliphatic rings. The molecule has 8 nitrogen and oxygen atoms in total. The molecule has 2 aromatic heterocycles. The highest BCUT2D eigenvalue weighted by Gasteiger charge is 2.49. The molecule has 13 heteroatoms. The third-order valence-electron chi connectivity index (χ3n) is 5.30. The summed E-state index contributed by atoms with van der Waals surface area (Å²) in [5.41, 5.74) is -3.60. The second-order valence-corrected chi connectivity index (χ2v) is 8.04. The fourth-order valence-electron chi connectivity index (χ4n) is 3.50. The number of hydrogen-bond donors (Lipinski definition) is 1. The first-order valence-electron chi connectivity index (χ1n) is 9.77. The normalized spacial score (nSPS) is 20.8. The van der Waals surface area contributed by atoms with Crippen LogP contribution in [0.5, 0.6) is 0 Å². The summed E-state index contributed by atoms with van der Waals surface area (Å²) in [6, 6.07) is 2.37. The first kappa shape index (κ1) is 24.8. The molecule has 0 unspecified atom stereocenters. The van der Waals surface area contributed by atoms with Gasteiger partial charge in [-0.25, -0.2) is 14.4 Å². The molecule has 0 saturated heterocycles. The zero-order chi connectivity index (χ0) is 24.4. The molecule has 1 aliphatic carbocycles. The lowest BCUT2D eigenvalue weighted by Crippen LogP contribution is -2.61. The Morgan fingerprint density at radius 1 is 1.21 bits per heavy atom. The number of aromatic nitrogens is 3. The fraction of sp³-hybridized carbons (Fsp3) is 0.450. The fourth-order valence-corrected chi connectivity index (χ4v) is 3.60. The lowest BCUT2D eigenvalue weighted by atomic mass is 9.85. The van der Waals surface area contributed by atoms with Crippen molar-refractivity contribution in [2.24, 2.45) is 0 Å². The zero-order valence-electron chi connectivity index (χ0n) is 17.5. The molecule has 0 aliphatic heterocycles. The van der Waals surface area contributed by atoms with Crippen molar-refractivity contribution >= 4 is 29.1 Å². The molecule has 1 fully saturated rings. The van der Waals surface area contributed by atoms with Crippen molar-refractivity contribution < 1.29 is 31.9 Å². The van der Waals surface area contributed by atoms with E-state index < -0.39 is 41.5 Å². The van der Waals surface area contributed by atoms with Gasteiger partial charge in [0.05, 0.1) is 18.0 Å². The van der Waals surface area contributed by atoms with Crippen LogP contribution in [0, 0.1) is 6.92 Å². The number of alkyl halides is 5. The molecule has 0 spiro atoms. The maximum absolute atomic E-state index is 14.0. The highest BCUT2D eigenvalue weighted by Crippen LogP contribution is 2.36. The first-order valence-corrected chi connectivity index (χ1v) is 10.2. The van der Waals surface area contributed by atoms with E-state index in [2.05, 4.69) is 25.0 Å². The number of nitrogens with one attached hydrogen (secondary N) is 1. The Morgan fingerprint density at radius 2 is 1.85 bits per heavy atom. The van der Waals surface area contributed by atoms with Crippen LogP contribution in [-0.2, 0) is 19.9 Å². The van der Waals surface area contributed by atoms with E-state index >= 15 is 0 Å². The number of amides is 2. The Bertz CT molecular complexity index is 987. The number of nitrogens with zero attached hydrogens (tertiary/aromatic N) is 4. The molecular formula is C20H20ClF4N5O3. The van der Waals surface area contributed by atoms with Gasteiger partial charge in [0, 0.05) is 29.7 Å². The van der Waals surface area contributed by atoms with Crippen LogP contribution in [0.1, 0.15) is 31.0 Å². The number of hydrogen-bond acceptors (Lipinski definition) is 6. The van der Waals surface area contributed by atoms with E-state index in [1.165, 1.54) is 37.9 Å². The zero-order valence-corrected chi connectivity index (χ0v) is 18.3. The van der Waals surface area contributed by atoms with Gasteiger partial charge in [-0.3, -0.25) is 24.2 Å². The van der Waals surface area contributed by atoms with Crippen LogP contribution in [0.15, 0.2) is 37.1 Å². The van der Waals surface area contributed by atoms with Gasteiger partial charge in [-0.1, -0.05) is 11.6 Å². The van der Waals surface area contributed by atoms with Gasteiger partial charge in [0.15, 0.2) is 5.54 Å². The van der Waals surface area contributed by atoms with E-state index in [0.29, 0.717) is 5.69 Å². The molecule has 178 valence electrons. The number of halogens is 5. The summed E-state index contributed by atoms with van der Waals surface area (Å²) in [5, 5.41) is 2.60. The van der Waals surface area contributed by atoms with Crippen molar-refractivity contribution in [1.82, 2.24) is 20.3 Å². The van der Waals surface area contributed by atoms with E-state index in [4.69, 9.17) is 11.6 Å². The molecule has 1 saturated carbocycles. The van der Waals surface area contributed by atoms with Gasteiger partial charge in [-0.2, -0.15) is 0 Å². The predicted molar refractivity (Wildman–Crippen MR) is 109 cm³/mol. The molecular weight excluding hydrogens is 470 g/mol. The summed E-state index contributed by atoms with van der Waals surface area (Å²) in [6.07, 6.45) is -1.04. The molecule has 33 heavy (non-hydrogen) atoms. The highest BCUT2D eigenvalue weighted by molar-refractivity contribution is 6.32. The Balaban J connectivity index is 1.96. The van der Waals surface area contributed by atoms with Crippen LogP contribution in [0.25, 0.3) is 0 Å². The standard InChI is InChI=1S/C20H20ClF4N5O3/c1-11-3-4-14(9-28-11)30(17(31)16(21)22)19(2,12-7-26-10-27-8-12)18(32)29-13-5-15(6-13)33-20(23,24)25/h3-4,7-10,13,15-16H,5-6H2,1-2H3,(H,29,32)/t13?,15?,16-,19+/m0/s1. The molecule has 2 amide bonds. The number of anilines is 1. The van der Waals surface area contributed by atoms with E-state index in [9.17, 15) is 27.2 Å². The lowest BCUT2D eigenvalue weighted by Gasteiger charge is -2.43. The number of aryl methyl sites for hydroxylation is 1. The highest BCUT2D eigenvalue weighted by atomic mass is 35.5. The van der Waals surface area contributed by atoms with Gasteiger partial charge in [0.25, 0.3) is 17.4 Å². The number of ether oxygens (including phenoxy) is 1. The van der Waals surface area contributed by atoms with Crippen LogP contribution in [0.2, 0.25) is 0 Å². The van der Waals surface area contributed by atoms with Crippen molar-refractivity contribution in [2.45, 2.75) is 56.4 Å². The van der Waals surface area contributed by atoms with Crippen molar-refractivity contribution in [3.63, 3.8) is 0 Å². The average Bonchev–Trinajstić information content (AvgIpc) is 2.73. The SMILES string of the molecule is Cc1ccc(N(C(=O)[C@H](F)Cl)[C@@](C)(C(=O)NC2CC(OC(F)(F)F)C2)c2cncnc2)cn1. The number of carbonyl (C=O) groups is 2. The predicted octanol–water partition coefficient (Wildman–Crippen LogP) is 3.15. The maximum atomic E-state index is 14.0. The summed E-state index contributed by atoms with van der Waals surface area (Å²) in [6.45, 7) is 3.03. The van der Waals surface area contributed by atoms with Crippen molar-refractivity contribution in [3.8, 4) is 0 Å². The minimum absolute atomic E-state index is 0.0716. The summed E-state index contributed by atoms with van der Waals surface area (Å²) < 4.78 is 55.2. The number of rotatable bonds is 7. The molecule has 0 radical (unpaired) electrons. The number of carbonyl (C=O) groups excluding carboxylic acids is 2. The van der Waals surface area contributed by atoms with E-state index in [-0.39, 0.29) is 24.1 Å². The first-order chi connectivity index (χ1) is 15.4. The topological polar surface area (TPSA) is 97.3 Å². The van der Waals surface area contributed by atoms with Gasteiger partial charge in [0.2, 0.25) is 0 Å². The third kappa shape index (κ3) is 5.56. The van der Waals surface area contributed by atoms with E-state index in [1.807, 2.05) is 0 Å². The van der Waals surface area contributed by atoms with E-state index in [0.717, 1.165) is 4.90 Å². The monoisotopic (exact) mass is 489 g/mol. The summed E-state index contributed by atoms with van der Waals surface area (Å²) in [5.74, 6) is -2.03. The van der Waals surface area contributed by atoms with Crippen LogP contribution in [-0.4, -0.2) is 50.9 Å². The van der Waals surface area contributed by atoms with Crippen LogP contribution >= 0.6 is 11.6 Å². The molecule has 1 N–H and O–H groups in total. The minimum Gasteiger partial charge on any atom is -0.351 e. The smallest absolute Gasteiger partial charge is 0.351 e. The van der Waals surface area contributed by atoms with Gasteiger partial charge in [0.1, 0.15) is 6.33 Å². The lowest BCUT2D eigenvalue weighted by molar-refractivity contribution is -0.351. The quantitative estimate of drug-likeness (QED) is 0.474. The molecule has 2 aromatic rings. The second kappa shape index (κ2) is 9.56. The van der Waals surface area contributed by atoms with E-state index in [1.54, 1.807) is 13.0 Å². The van der Waals surface area contributed by atoms with Gasteiger partial charge in [-0.05, 0) is 38.8 Å². The molecule has 0 aromatic carbocycles. The number of pyridine rings is 1. The Morgan fingerprint density at radius 3 is 2.36 bits per heavy atom. The van der Waals surface area contributed by atoms with Gasteiger partial charge < -0.3 is 5.32 Å². The molecule has 2 atom stereocenters. The maximum Gasteiger partial charge on any atom is 0.522 e. The Hall–Kier alpha value is -2.86. The Labute approximate surface area is 191 Å². The summed E-state index contributed by atoms with van der Waals surface area (Å²) >= 11 is 5.46. The second-order valence-electron chi connectivity index (χ2n) is 7.66. The van der Waals surface area contributed by atoms with Crippen molar-refractivity contribution in [2.75, 3.05) is 4.90 Å². The molecule has 2 heterocycles. The molecule has 3 rings (SSSR count). The summed E-state index contributed by atoms with van der Waals surface area (Å²) in [4.78, 5) is 39.0. The average molecular weight is 490 g/mol. The van der Waals surface area contributed by atoms with Gasteiger partial charge in [-0.15, -0.1) is 13.2 Å². The molecule has 0 bridgehead atoms. The minimum atomic E-state index is -4.78. The van der Waals surface area contributed by atoms with Crippen molar-refractivity contribution in [3.05, 3.63) is 48.3 Å². The van der Waals surface area contributed by atoms with Crippen LogP contribution in [0.3, 0.4) is 0 Å². The largest absolute Gasteiger partial charge is 0.522 e. The van der Waals surface area contributed by atoms with Crippen molar-refractivity contribution in [1.29, 1.82) is 0 Å².